The van der Waals surface area contributed by atoms with Gasteiger partial charge in [-0.05, 0) is 31.9 Å². The predicted octanol–water partition coefficient (Wildman–Crippen LogP) is 2.13. The van der Waals surface area contributed by atoms with E-state index < -0.39 is 0 Å². The minimum absolute atomic E-state index is 0.309. The molecule has 5 heteroatoms. The molecule has 1 aromatic heterocycles. The van der Waals surface area contributed by atoms with Crippen molar-refractivity contribution in [3.63, 3.8) is 0 Å². The summed E-state index contributed by atoms with van der Waals surface area (Å²) < 4.78 is 7.86. The molecule has 1 aliphatic heterocycles. The summed E-state index contributed by atoms with van der Waals surface area (Å²) in [6.07, 6.45) is 5.18. The first-order valence-electron chi connectivity index (χ1n) is 8.96. The molecule has 0 radical (unpaired) electrons. The van der Waals surface area contributed by atoms with Gasteiger partial charge in [0, 0.05) is 44.0 Å². The maximum atomic E-state index is 5.90. The molecule has 5 nitrogen and oxygen atoms in total. The number of aryl methyl sites for hydroxylation is 1. The molecular weight excluding hydrogens is 300 g/mol. The lowest BCUT2D eigenvalue weighted by molar-refractivity contribution is -0.0301. The van der Waals surface area contributed by atoms with E-state index in [0.717, 1.165) is 50.2 Å². The number of nitrogens with zero attached hydrogens (tertiary/aromatic N) is 3. The second-order valence-electron chi connectivity index (χ2n) is 6.87. The van der Waals surface area contributed by atoms with Gasteiger partial charge in [0.1, 0.15) is 0 Å². The number of morpholine rings is 1. The van der Waals surface area contributed by atoms with Crippen molar-refractivity contribution in [1.82, 2.24) is 20.0 Å². The van der Waals surface area contributed by atoms with Gasteiger partial charge in [0.15, 0.2) is 0 Å². The zero-order chi connectivity index (χ0) is 16.4. The molecule has 0 amide bonds. The first-order valence-corrected chi connectivity index (χ1v) is 8.96. The van der Waals surface area contributed by atoms with Gasteiger partial charge in [-0.1, -0.05) is 18.2 Å². The smallest absolute Gasteiger partial charge is 0.0826 e. The minimum atomic E-state index is 0.309. The minimum Gasteiger partial charge on any atom is -0.374 e. The van der Waals surface area contributed by atoms with Crippen LogP contribution in [0, 0.1) is 6.92 Å². The van der Waals surface area contributed by atoms with Gasteiger partial charge >= 0.3 is 0 Å². The average Bonchev–Trinajstić information content (AvgIpc) is 3.40. The first-order chi connectivity index (χ1) is 11.8. The molecule has 1 N–H and O–H groups in total. The summed E-state index contributed by atoms with van der Waals surface area (Å²) in [6.45, 7) is 6.85. The van der Waals surface area contributed by atoms with Gasteiger partial charge in [-0.15, -0.1) is 0 Å². The molecule has 2 aliphatic rings. The van der Waals surface area contributed by atoms with Crippen molar-refractivity contribution in [3.8, 4) is 5.69 Å². The van der Waals surface area contributed by atoms with Gasteiger partial charge in [0.2, 0.25) is 0 Å². The Morgan fingerprint density at radius 1 is 1.25 bits per heavy atom. The fraction of sp³-hybridized carbons (Fsp3) is 0.526. The number of ether oxygens (including phenoxy) is 1. The number of aromatic nitrogens is 2. The maximum absolute atomic E-state index is 5.90. The van der Waals surface area contributed by atoms with Gasteiger partial charge in [-0.25, -0.2) is 4.68 Å². The lowest BCUT2D eigenvalue weighted by Crippen LogP contribution is -2.47. The van der Waals surface area contributed by atoms with E-state index in [2.05, 4.69) is 40.6 Å². The van der Waals surface area contributed by atoms with E-state index in [4.69, 9.17) is 4.74 Å². The molecule has 1 saturated heterocycles. The fourth-order valence-electron chi connectivity index (χ4n) is 3.39. The monoisotopic (exact) mass is 326 g/mol. The summed E-state index contributed by atoms with van der Waals surface area (Å²) in [5.41, 5.74) is 3.42. The maximum Gasteiger partial charge on any atom is 0.0826 e. The Balaban J connectivity index is 1.30. The van der Waals surface area contributed by atoms with Crippen molar-refractivity contribution >= 4 is 0 Å². The topological polar surface area (TPSA) is 42.3 Å². The standard InChI is InChI=1S/C19H26N4O/c1-15-16(13-23(21-15)18-5-3-2-4-6-18)11-20-12-19-14-22(9-10-24-19)17-7-8-17/h2-6,13,17,19-20H,7-12,14H2,1H3/t19-/m1/s1. The van der Waals surface area contributed by atoms with E-state index in [1.165, 1.54) is 18.4 Å². The normalized spacial score (nSPS) is 22.0. The van der Waals surface area contributed by atoms with E-state index in [1.54, 1.807) is 0 Å². The van der Waals surface area contributed by atoms with Crippen LogP contribution in [0.15, 0.2) is 36.5 Å². The van der Waals surface area contributed by atoms with Crippen molar-refractivity contribution in [1.29, 1.82) is 0 Å². The van der Waals surface area contributed by atoms with E-state index >= 15 is 0 Å². The third kappa shape index (κ3) is 3.69. The Bertz CT molecular complexity index is 665. The largest absolute Gasteiger partial charge is 0.374 e. The number of hydrogen-bond acceptors (Lipinski definition) is 4. The van der Waals surface area contributed by atoms with Gasteiger partial charge in [0.05, 0.1) is 24.1 Å². The summed E-state index contributed by atoms with van der Waals surface area (Å²) in [7, 11) is 0. The van der Waals surface area contributed by atoms with E-state index in [9.17, 15) is 0 Å². The second-order valence-corrected chi connectivity index (χ2v) is 6.87. The Kier molecular flexibility index (Phi) is 4.65. The molecule has 0 spiro atoms. The highest BCUT2D eigenvalue weighted by Crippen LogP contribution is 2.28. The molecule has 2 heterocycles. The number of rotatable bonds is 6. The van der Waals surface area contributed by atoms with Crippen LogP contribution in [0.1, 0.15) is 24.1 Å². The van der Waals surface area contributed by atoms with Gasteiger partial charge in [0.25, 0.3) is 0 Å². The van der Waals surface area contributed by atoms with Crippen LogP contribution in [0.25, 0.3) is 5.69 Å². The summed E-state index contributed by atoms with van der Waals surface area (Å²) in [6, 6.07) is 11.1. The molecule has 1 aromatic carbocycles. The third-order valence-corrected chi connectivity index (χ3v) is 4.94. The van der Waals surface area contributed by atoms with Crippen LogP contribution < -0.4 is 5.32 Å². The van der Waals surface area contributed by atoms with Gasteiger partial charge in [-0.3, -0.25) is 4.90 Å². The Hall–Kier alpha value is -1.69. The molecule has 4 rings (SSSR count). The van der Waals surface area contributed by atoms with Crippen LogP contribution in [-0.4, -0.2) is 53.1 Å². The highest BCUT2D eigenvalue weighted by atomic mass is 16.5. The molecule has 2 aromatic rings. The number of benzene rings is 1. The van der Waals surface area contributed by atoms with Crippen molar-refractivity contribution in [2.45, 2.75) is 38.5 Å². The summed E-state index contributed by atoms with van der Waals surface area (Å²) in [5, 5.41) is 8.18. The van der Waals surface area contributed by atoms with Crippen LogP contribution in [0.5, 0.6) is 0 Å². The average molecular weight is 326 g/mol. The van der Waals surface area contributed by atoms with Crippen LogP contribution in [-0.2, 0) is 11.3 Å². The van der Waals surface area contributed by atoms with Crippen LogP contribution in [0.2, 0.25) is 0 Å². The molecule has 1 atom stereocenters. The highest BCUT2D eigenvalue weighted by molar-refractivity contribution is 5.32. The zero-order valence-electron chi connectivity index (χ0n) is 14.3. The highest BCUT2D eigenvalue weighted by Gasteiger charge is 2.32. The number of para-hydroxylation sites is 1. The third-order valence-electron chi connectivity index (χ3n) is 4.94. The Labute approximate surface area is 143 Å². The molecule has 0 bridgehead atoms. The van der Waals surface area contributed by atoms with Crippen molar-refractivity contribution in [3.05, 3.63) is 47.8 Å². The molecule has 2 fully saturated rings. The predicted molar refractivity (Wildman–Crippen MR) is 94.3 cm³/mol. The first kappa shape index (κ1) is 15.8. The second kappa shape index (κ2) is 7.05. The molecule has 24 heavy (non-hydrogen) atoms. The SMILES string of the molecule is Cc1nn(-c2ccccc2)cc1CNC[C@@H]1CN(C2CC2)CCO1. The van der Waals surface area contributed by atoms with E-state index in [0.29, 0.717) is 6.10 Å². The zero-order valence-corrected chi connectivity index (χ0v) is 14.3. The van der Waals surface area contributed by atoms with Gasteiger partial charge in [-0.2, -0.15) is 5.10 Å². The summed E-state index contributed by atoms with van der Waals surface area (Å²) in [5.74, 6) is 0. The van der Waals surface area contributed by atoms with E-state index in [-0.39, 0.29) is 0 Å². The van der Waals surface area contributed by atoms with Crippen molar-refractivity contribution < 1.29 is 4.74 Å². The van der Waals surface area contributed by atoms with E-state index in [1.807, 2.05) is 22.9 Å². The summed E-state index contributed by atoms with van der Waals surface area (Å²) >= 11 is 0. The van der Waals surface area contributed by atoms with Crippen LogP contribution >= 0.6 is 0 Å². The Morgan fingerprint density at radius 3 is 2.88 bits per heavy atom. The van der Waals surface area contributed by atoms with Crippen LogP contribution in [0.4, 0.5) is 0 Å². The molecule has 1 saturated carbocycles. The lowest BCUT2D eigenvalue weighted by atomic mass is 10.2. The fourth-order valence-corrected chi connectivity index (χ4v) is 3.39. The van der Waals surface area contributed by atoms with Gasteiger partial charge < -0.3 is 10.1 Å². The van der Waals surface area contributed by atoms with Crippen molar-refractivity contribution in [2.75, 3.05) is 26.2 Å². The lowest BCUT2D eigenvalue weighted by Gasteiger charge is -2.33. The number of hydrogen-bond donors (Lipinski definition) is 1. The molecular formula is C19H26N4O. The molecule has 1 aliphatic carbocycles. The molecule has 0 unspecified atom stereocenters. The van der Waals surface area contributed by atoms with Crippen molar-refractivity contribution in [2.24, 2.45) is 0 Å². The quantitative estimate of drug-likeness (QED) is 0.883. The number of nitrogens with one attached hydrogen (secondary N) is 1. The Morgan fingerprint density at radius 2 is 2.08 bits per heavy atom. The van der Waals surface area contributed by atoms with Crippen LogP contribution in [0.3, 0.4) is 0 Å². The molecule has 128 valence electrons. The summed E-state index contributed by atoms with van der Waals surface area (Å²) in [4.78, 5) is 2.59.